The van der Waals surface area contributed by atoms with Crippen LogP contribution in [0, 0.1) is 5.82 Å². The van der Waals surface area contributed by atoms with Crippen LogP contribution in [0.25, 0.3) is 0 Å². The van der Waals surface area contributed by atoms with Crippen LogP contribution in [0.3, 0.4) is 0 Å². The maximum Gasteiger partial charge on any atom is 0.125 e. The Labute approximate surface area is 109 Å². The number of ether oxygens (including phenoxy) is 1. The van der Waals surface area contributed by atoms with Crippen molar-refractivity contribution in [2.45, 2.75) is 19.3 Å². The molecule has 1 aromatic rings. The highest BCUT2D eigenvalue weighted by atomic mass is 19.1. The molecule has 1 rings (SSSR count). The Balaban J connectivity index is 2.54. The van der Waals surface area contributed by atoms with Gasteiger partial charge in [0, 0.05) is 32.5 Å². The third kappa shape index (κ3) is 5.47. The van der Waals surface area contributed by atoms with Gasteiger partial charge >= 0.3 is 0 Å². The Kier molecular flexibility index (Phi) is 7.37. The van der Waals surface area contributed by atoms with Crippen LogP contribution in [0.15, 0.2) is 24.3 Å². The fourth-order valence-corrected chi connectivity index (χ4v) is 1.87. The molecular weight excluding hydrogens is 231 g/mol. The number of halogens is 1. The molecule has 0 amide bonds. The maximum atomic E-state index is 13.2. The summed E-state index contributed by atoms with van der Waals surface area (Å²) < 4.78 is 18.3. The number of nitrogens with zero attached hydrogens (tertiary/aromatic N) is 1. The predicted octanol–water partition coefficient (Wildman–Crippen LogP) is 2.41. The van der Waals surface area contributed by atoms with E-state index in [0.29, 0.717) is 6.54 Å². The van der Waals surface area contributed by atoms with E-state index in [1.807, 2.05) is 6.07 Å². The molecule has 0 radical (unpaired) electrons. The van der Waals surface area contributed by atoms with Gasteiger partial charge in [-0.2, -0.15) is 0 Å². The van der Waals surface area contributed by atoms with Gasteiger partial charge < -0.3 is 15.4 Å². The highest BCUT2D eigenvalue weighted by Gasteiger charge is 2.06. The number of hydrogen-bond donors (Lipinski definition) is 1. The molecule has 0 saturated heterocycles. The summed E-state index contributed by atoms with van der Waals surface area (Å²) in [5.41, 5.74) is 6.47. The second-order valence-electron chi connectivity index (χ2n) is 4.31. The summed E-state index contributed by atoms with van der Waals surface area (Å²) in [5, 5.41) is 0. The highest BCUT2D eigenvalue weighted by Crippen LogP contribution is 2.16. The molecule has 0 aliphatic carbocycles. The first kappa shape index (κ1) is 14.9. The maximum absolute atomic E-state index is 13.2. The molecule has 2 N–H and O–H groups in total. The van der Waals surface area contributed by atoms with E-state index in [1.54, 1.807) is 19.2 Å². The molecule has 0 saturated carbocycles. The lowest BCUT2D eigenvalue weighted by Crippen LogP contribution is -2.27. The molecule has 0 heterocycles. The number of hydrogen-bond acceptors (Lipinski definition) is 3. The van der Waals surface area contributed by atoms with Crippen LogP contribution in [0.5, 0.6) is 0 Å². The van der Waals surface area contributed by atoms with Crippen molar-refractivity contribution in [1.82, 2.24) is 0 Å². The molecule has 18 heavy (non-hydrogen) atoms. The van der Waals surface area contributed by atoms with Crippen LogP contribution in [0.2, 0.25) is 0 Å². The van der Waals surface area contributed by atoms with Gasteiger partial charge in [-0.05, 0) is 44.0 Å². The molecule has 0 aliphatic heterocycles. The van der Waals surface area contributed by atoms with Gasteiger partial charge in [0.2, 0.25) is 0 Å². The van der Waals surface area contributed by atoms with Crippen LogP contribution in [0.4, 0.5) is 10.1 Å². The molecule has 0 unspecified atom stereocenters. The highest BCUT2D eigenvalue weighted by molar-refractivity contribution is 5.46. The Bertz CT molecular complexity index is 333. The summed E-state index contributed by atoms with van der Waals surface area (Å²) in [4.78, 5) is 2.19. The third-order valence-corrected chi connectivity index (χ3v) is 2.83. The Morgan fingerprint density at radius 1 is 1.22 bits per heavy atom. The average molecular weight is 254 g/mol. The summed E-state index contributed by atoms with van der Waals surface area (Å²) >= 11 is 0. The van der Waals surface area contributed by atoms with E-state index in [4.69, 9.17) is 10.5 Å². The van der Waals surface area contributed by atoms with Crippen LogP contribution < -0.4 is 10.6 Å². The van der Waals surface area contributed by atoms with Gasteiger partial charge in [-0.25, -0.2) is 4.39 Å². The second-order valence-corrected chi connectivity index (χ2v) is 4.31. The third-order valence-electron chi connectivity index (χ3n) is 2.83. The van der Waals surface area contributed by atoms with Gasteiger partial charge in [0.15, 0.2) is 0 Å². The molecule has 0 atom stereocenters. The van der Waals surface area contributed by atoms with Gasteiger partial charge in [0.05, 0.1) is 0 Å². The van der Waals surface area contributed by atoms with Gasteiger partial charge in [-0.3, -0.25) is 0 Å². The van der Waals surface area contributed by atoms with Gasteiger partial charge in [-0.1, -0.05) is 6.07 Å². The fraction of sp³-hybridized carbons (Fsp3) is 0.571. The number of rotatable bonds is 9. The van der Waals surface area contributed by atoms with E-state index >= 15 is 0 Å². The van der Waals surface area contributed by atoms with Crippen molar-refractivity contribution in [3.05, 3.63) is 30.1 Å². The summed E-state index contributed by atoms with van der Waals surface area (Å²) in [6.45, 7) is 3.21. The normalized spacial score (nSPS) is 10.6. The number of unbranched alkanes of at least 4 members (excludes halogenated alkanes) is 1. The lowest BCUT2D eigenvalue weighted by atomic mass is 10.2. The molecule has 4 heteroatoms. The van der Waals surface area contributed by atoms with Crippen molar-refractivity contribution in [3.8, 4) is 0 Å². The first-order valence-corrected chi connectivity index (χ1v) is 6.47. The summed E-state index contributed by atoms with van der Waals surface area (Å²) in [5.74, 6) is -0.192. The van der Waals surface area contributed by atoms with Gasteiger partial charge in [-0.15, -0.1) is 0 Å². The second kappa shape index (κ2) is 8.89. The Morgan fingerprint density at radius 2 is 2.00 bits per heavy atom. The smallest absolute Gasteiger partial charge is 0.125 e. The van der Waals surface area contributed by atoms with Crippen molar-refractivity contribution in [1.29, 1.82) is 0 Å². The van der Waals surface area contributed by atoms with Gasteiger partial charge in [0.1, 0.15) is 5.82 Å². The summed E-state index contributed by atoms with van der Waals surface area (Å²) in [6.07, 6.45) is 2.97. The van der Waals surface area contributed by atoms with E-state index in [0.717, 1.165) is 44.6 Å². The zero-order chi connectivity index (χ0) is 13.2. The summed E-state index contributed by atoms with van der Waals surface area (Å²) in [7, 11) is 1.71. The van der Waals surface area contributed by atoms with E-state index in [2.05, 4.69) is 4.90 Å². The van der Waals surface area contributed by atoms with Crippen molar-refractivity contribution < 1.29 is 9.13 Å². The van der Waals surface area contributed by atoms with Crippen molar-refractivity contribution in [3.63, 3.8) is 0 Å². The van der Waals surface area contributed by atoms with E-state index in [-0.39, 0.29) is 5.82 Å². The monoisotopic (exact) mass is 254 g/mol. The van der Waals surface area contributed by atoms with Gasteiger partial charge in [0.25, 0.3) is 0 Å². The largest absolute Gasteiger partial charge is 0.385 e. The Morgan fingerprint density at radius 3 is 2.67 bits per heavy atom. The molecule has 3 nitrogen and oxygen atoms in total. The standard InChI is InChI=1S/C14H23FN2O/c1-18-11-3-2-9-17(10-5-8-16)14-7-4-6-13(15)12-14/h4,6-7,12H,2-3,5,8-11,16H2,1H3. The number of methoxy groups -OCH3 is 1. The lowest BCUT2D eigenvalue weighted by molar-refractivity contribution is 0.193. The zero-order valence-corrected chi connectivity index (χ0v) is 11.1. The Hall–Kier alpha value is -1.13. The molecule has 0 fully saturated rings. The SMILES string of the molecule is COCCCCN(CCCN)c1cccc(F)c1. The molecular formula is C14H23FN2O. The number of anilines is 1. The molecule has 1 aromatic carbocycles. The van der Waals surface area contributed by atoms with Crippen LogP contribution >= 0.6 is 0 Å². The van der Waals surface area contributed by atoms with Crippen molar-refractivity contribution in [2.75, 3.05) is 38.3 Å². The molecule has 0 aromatic heterocycles. The zero-order valence-electron chi connectivity index (χ0n) is 11.1. The quantitative estimate of drug-likeness (QED) is 0.688. The minimum absolute atomic E-state index is 0.192. The van der Waals surface area contributed by atoms with Crippen LogP contribution in [0.1, 0.15) is 19.3 Å². The van der Waals surface area contributed by atoms with E-state index in [1.165, 1.54) is 6.07 Å². The molecule has 0 spiro atoms. The predicted molar refractivity (Wildman–Crippen MR) is 73.4 cm³/mol. The minimum atomic E-state index is -0.192. The van der Waals surface area contributed by atoms with E-state index < -0.39 is 0 Å². The van der Waals surface area contributed by atoms with Crippen molar-refractivity contribution in [2.24, 2.45) is 5.73 Å². The first-order chi connectivity index (χ1) is 8.77. The lowest BCUT2D eigenvalue weighted by Gasteiger charge is -2.24. The fourth-order valence-electron chi connectivity index (χ4n) is 1.87. The van der Waals surface area contributed by atoms with E-state index in [9.17, 15) is 4.39 Å². The topological polar surface area (TPSA) is 38.5 Å². The average Bonchev–Trinajstić information content (AvgIpc) is 2.38. The molecule has 102 valence electrons. The minimum Gasteiger partial charge on any atom is -0.385 e. The molecule has 0 aliphatic rings. The number of benzene rings is 1. The van der Waals surface area contributed by atoms with Crippen LogP contribution in [-0.4, -0.2) is 33.4 Å². The van der Waals surface area contributed by atoms with Crippen molar-refractivity contribution >= 4 is 5.69 Å². The molecule has 0 bridgehead atoms. The summed E-state index contributed by atoms with van der Waals surface area (Å²) in [6, 6.07) is 6.73. The number of nitrogens with two attached hydrogens (primary N) is 1. The first-order valence-electron chi connectivity index (χ1n) is 6.47. The van der Waals surface area contributed by atoms with Crippen LogP contribution in [-0.2, 0) is 4.74 Å².